The van der Waals surface area contributed by atoms with Crippen LogP contribution in [0.5, 0.6) is 0 Å². The second-order valence-electron chi connectivity index (χ2n) is 5.48. The highest BCUT2D eigenvalue weighted by Crippen LogP contribution is 2.21. The van der Waals surface area contributed by atoms with E-state index in [9.17, 15) is 4.79 Å². The molecule has 2 N–H and O–H groups in total. The van der Waals surface area contributed by atoms with Crippen LogP contribution in [0.1, 0.15) is 42.4 Å². The molecule has 22 heavy (non-hydrogen) atoms. The number of hydrogen-bond donors (Lipinski definition) is 2. The summed E-state index contributed by atoms with van der Waals surface area (Å²) >= 11 is 0. The van der Waals surface area contributed by atoms with Gasteiger partial charge in [-0.05, 0) is 44.4 Å². The first-order valence-corrected chi connectivity index (χ1v) is 7.50. The molecule has 0 aliphatic carbocycles. The van der Waals surface area contributed by atoms with Gasteiger partial charge in [-0.3, -0.25) is 4.79 Å². The van der Waals surface area contributed by atoms with Crippen molar-refractivity contribution in [2.45, 2.75) is 40.2 Å². The molecule has 2 aromatic rings. The molecule has 0 bridgehead atoms. The summed E-state index contributed by atoms with van der Waals surface area (Å²) in [6.07, 6.45) is 2.45. The van der Waals surface area contributed by atoms with Gasteiger partial charge in [0.05, 0.1) is 0 Å². The summed E-state index contributed by atoms with van der Waals surface area (Å²) in [6, 6.07) is 7.83. The third kappa shape index (κ3) is 3.81. The third-order valence-electron chi connectivity index (χ3n) is 3.28. The number of para-hydroxylation sites is 1. The van der Waals surface area contributed by atoms with Crippen LogP contribution in [-0.4, -0.2) is 21.9 Å². The molecule has 1 heterocycles. The van der Waals surface area contributed by atoms with Gasteiger partial charge in [-0.2, -0.15) is 0 Å². The first kappa shape index (κ1) is 15.9. The van der Waals surface area contributed by atoms with Crippen molar-refractivity contribution >= 4 is 17.5 Å². The summed E-state index contributed by atoms with van der Waals surface area (Å²) in [5, 5.41) is 6.07. The van der Waals surface area contributed by atoms with E-state index in [-0.39, 0.29) is 11.9 Å². The maximum absolute atomic E-state index is 12.4. The molecule has 116 valence electrons. The van der Waals surface area contributed by atoms with Gasteiger partial charge in [-0.25, -0.2) is 9.97 Å². The van der Waals surface area contributed by atoms with E-state index in [0.717, 1.165) is 23.2 Å². The van der Waals surface area contributed by atoms with Crippen molar-refractivity contribution < 1.29 is 4.79 Å². The number of carbonyl (C=O) groups excluding carboxylic acids is 1. The molecule has 2 rings (SSSR count). The topological polar surface area (TPSA) is 66.9 Å². The Hall–Kier alpha value is -2.43. The predicted molar refractivity (Wildman–Crippen MR) is 89.3 cm³/mol. The van der Waals surface area contributed by atoms with Crippen molar-refractivity contribution in [3.8, 4) is 0 Å². The average molecular weight is 298 g/mol. The van der Waals surface area contributed by atoms with Crippen molar-refractivity contribution in [2.75, 3.05) is 10.6 Å². The fourth-order valence-corrected chi connectivity index (χ4v) is 2.19. The molecule has 0 aliphatic heterocycles. The Bertz CT molecular complexity index is 667. The average Bonchev–Trinajstić information content (AvgIpc) is 2.48. The van der Waals surface area contributed by atoms with E-state index in [0.29, 0.717) is 11.6 Å². The Balaban J connectivity index is 2.23. The van der Waals surface area contributed by atoms with Gasteiger partial charge in [0.1, 0.15) is 5.69 Å². The van der Waals surface area contributed by atoms with Crippen LogP contribution >= 0.6 is 0 Å². The van der Waals surface area contributed by atoms with Crippen molar-refractivity contribution in [3.05, 3.63) is 47.3 Å². The number of rotatable bonds is 5. The molecule has 1 aromatic heterocycles. The fraction of sp³-hybridized carbons (Fsp3) is 0.353. The Labute approximate surface area is 131 Å². The van der Waals surface area contributed by atoms with Crippen molar-refractivity contribution in [1.82, 2.24) is 9.97 Å². The van der Waals surface area contributed by atoms with Crippen LogP contribution in [0, 0.1) is 6.92 Å². The van der Waals surface area contributed by atoms with E-state index in [4.69, 9.17) is 0 Å². The van der Waals surface area contributed by atoms with Gasteiger partial charge in [0.25, 0.3) is 5.91 Å². The van der Waals surface area contributed by atoms with Crippen molar-refractivity contribution in [3.63, 3.8) is 0 Å². The zero-order valence-corrected chi connectivity index (χ0v) is 13.5. The Morgan fingerprint density at radius 1 is 1.27 bits per heavy atom. The summed E-state index contributed by atoms with van der Waals surface area (Å²) in [7, 11) is 0. The maximum Gasteiger partial charge on any atom is 0.274 e. The number of nitrogens with zero attached hydrogens (tertiary/aromatic N) is 2. The summed E-state index contributed by atoms with van der Waals surface area (Å²) in [5.41, 5.74) is 3.38. The normalized spacial score (nSPS) is 10.6. The summed E-state index contributed by atoms with van der Waals surface area (Å²) in [6.45, 7) is 8.05. The molecular weight excluding hydrogens is 276 g/mol. The van der Waals surface area contributed by atoms with E-state index >= 15 is 0 Å². The van der Waals surface area contributed by atoms with Crippen LogP contribution in [0.2, 0.25) is 0 Å². The van der Waals surface area contributed by atoms with Crippen molar-refractivity contribution in [1.29, 1.82) is 0 Å². The molecule has 0 aliphatic rings. The number of anilines is 2. The minimum atomic E-state index is -0.224. The largest absolute Gasteiger partial charge is 0.352 e. The molecule has 0 radical (unpaired) electrons. The summed E-state index contributed by atoms with van der Waals surface area (Å²) in [4.78, 5) is 20.8. The van der Waals surface area contributed by atoms with E-state index in [1.165, 1.54) is 0 Å². The predicted octanol–water partition coefficient (Wildman–Crippen LogP) is 3.42. The van der Waals surface area contributed by atoms with E-state index in [2.05, 4.69) is 27.5 Å². The first-order valence-electron chi connectivity index (χ1n) is 7.50. The van der Waals surface area contributed by atoms with Gasteiger partial charge in [-0.15, -0.1) is 0 Å². The van der Waals surface area contributed by atoms with Crippen LogP contribution in [-0.2, 0) is 6.42 Å². The molecule has 0 saturated heterocycles. The summed E-state index contributed by atoms with van der Waals surface area (Å²) < 4.78 is 0. The number of carbonyl (C=O) groups is 1. The molecular formula is C17H22N4O. The lowest BCUT2D eigenvalue weighted by Gasteiger charge is -2.13. The molecule has 0 atom stereocenters. The first-order chi connectivity index (χ1) is 10.5. The third-order valence-corrected chi connectivity index (χ3v) is 3.28. The second kappa shape index (κ2) is 7.02. The number of nitrogens with one attached hydrogen (secondary N) is 2. The number of aromatic nitrogens is 2. The maximum atomic E-state index is 12.4. The zero-order chi connectivity index (χ0) is 16.1. The number of aryl methyl sites for hydroxylation is 2. The van der Waals surface area contributed by atoms with E-state index < -0.39 is 0 Å². The Morgan fingerprint density at radius 3 is 2.73 bits per heavy atom. The molecule has 0 spiro atoms. The van der Waals surface area contributed by atoms with Gasteiger partial charge >= 0.3 is 0 Å². The monoisotopic (exact) mass is 298 g/mol. The number of hydrogen-bond acceptors (Lipinski definition) is 4. The molecule has 1 aromatic carbocycles. The van der Waals surface area contributed by atoms with Gasteiger partial charge in [-0.1, -0.05) is 25.1 Å². The van der Waals surface area contributed by atoms with E-state index in [1.54, 1.807) is 12.3 Å². The quantitative estimate of drug-likeness (QED) is 0.887. The van der Waals surface area contributed by atoms with Crippen LogP contribution in [0.3, 0.4) is 0 Å². The lowest BCUT2D eigenvalue weighted by molar-refractivity contribution is 0.102. The fourth-order valence-electron chi connectivity index (χ4n) is 2.19. The minimum absolute atomic E-state index is 0.210. The molecule has 0 unspecified atom stereocenters. The standard InChI is InChI=1S/C17H22N4O/c1-5-13-8-6-7-12(4)15(13)21-16(22)14-9-10-18-17(20-14)19-11(2)3/h6-11H,5H2,1-4H3,(H,21,22)(H,18,19,20). The van der Waals surface area contributed by atoms with Crippen molar-refractivity contribution in [2.24, 2.45) is 0 Å². The van der Waals surface area contributed by atoms with Gasteiger partial charge < -0.3 is 10.6 Å². The van der Waals surface area contributed by atoms with Crippen LogP contribution in [0.4, 0.5) is 11.6 Å². The lowest BCUT2D eigenvalue weighted by atomic mass is 10.1. The molecule has 1 amide bonds. The molecule has 5 heteroatoms. The van der Waals surface area contributed by atoms with Gasteiger partial charge in [0.15, 0.2) is 0 Å². The summed E-state index contributed by atoms with van der Waals surface area (Å²) in [5.74, 6) is 0.237. The van der Waals surface area contributed by atoms with Crippen LogP contribution in [0.15, 0.2) is 30.5 Å². The highest BCUT2D eigenvalue weighted by atomic mass is 16.1. The SMILES string of the molecule is CCc1cccc(C)c1NC(=O)c1ccnc(NC(C)C)n1. The number of amides is 1. The Kier molecular flexibility index (Phi) is 5.09. The lowest BCUT2D eigenvalue weighted by Crippen LogP contribution is -2.18. The van der Waals surface area contributed by atoms with Gasteiger partial charge in [0.2, 0.25) is 5.95 Å². The van der Waals surface area contributed by atoms with E-state index in [1.807, 2.05) is 39.0 Å². The molecule has 0 fully saturated rings. The second-order valence-corrected chi connectivity index (χ2v) is 5.48. The minimum Gasteiger partial charge on any atom is -0.352 e. The highest BCUT2D eigenvalue weighted by Gasteiger charge is 2.13. The number of benzene rings is 1. The van der Waals surface area contributed by atoms with Gasteiger partial charge in [0, 0.05) is 17.9 Å². The molecule has 0 saturated carbocycles. The smallest absolute Gasteiger partial charge is 0.274 e. The molecule has 5 nitrogen and oxygen atoms in total. The Morgan fingerprint density at radius 2 is 2.05 bits per heavy atom. The highest BCUT2D eigenvalue weighted by molar-refractivity contribution is 6.03. The van der Waals surface area contributed by atoms with Crippen LogP contribution in [0.25, 0.3) is 0 Å². The van der Waals surface area contributed by atoms with Crippen LogP contribution < -0.4 is 10.6 Å². The zero-order valence-electron chi connectivity index (χ0n) is 13.5.